The number of hydrogen-bond acceptors (Lipinski definition) is 5. The van der Waals surface area contributed by atoms with E-state index in [1.165, 1.54) is 13.8 Å². The first kappa shape index (κ1) is 20.7. The molecule has 0 saturated heterocycles. The van der Waals surface area contributed by atoms with Gasteiger partial charge in [0.2, 0.25) is 0 Å². The highest BCUT2D eigenvalue weighted by molar-refractivity contribution is 5.66. The smallest absolute Gasteiger partial charge is 0.303 e. The third-order valence-electron chi connectivity index (χ3n) is 4.82. The normalized spacial score (nSPS) is 26.5. The number of carbonyl (C=O) groups is 2. The molecule has 1 rings (SSSR count). The van der Waals surface area contributed by atoms with Crippen molar-refractivity contribution >= 4 is 11.9 Å². The Hall–Kier alpha value is -1.36. The zero-order chi connectivity index (χ0) is 18.3. The van der Waals surface area contributed by atoms with E-state index in [9.17, 15) is 14.7 Å². The van der Waals surface area contributed by atoms with Gasteiger partial charge in [-0.25, -0.2) is 0 Å². The van der Waals surface area contributed by atoms with E-state index in [0.29, 0.717) is 13.0 Å². The molecule has 0 heterocycles. The van der Waals surface area contributed by atoms with Crippen LogP contribution in [0.1, 0.15) is 66.2 Å². The van der Waals surface area contributed by atoms with Crippen LogP contribution < -0.4 is 0 Å². The van der Waals surface area contributed by atoms with E-state index in [4.69, 9.17) is 9.47 Å². The van der Waals surface area contributed by atoms with Crippen LogP contribution in [0.5, 0.6) is 0 Å². The van der Waals surface area contributed by atoms with E-state index >= 15 is 0 Å². The third kappa shape index (κ3) is 7.47. The Balaban J connectivity index is 2.84. The monoisotopic (exact) mass is 340 g/mol. The molecule has 5 nitrogen and oxygen atoms in total. The van der Waals surface area contributed by atoms with Crippen molar-refractivity contribution < 1.29 is 24.2 Å². The molecule has 1 saturated carbocycles. The first-order valence-electron chi connectivity index (χ1n) is 8.80. The number of carbonyl (C=O) groups excluding carboxylic acids is 2. The summed E-state index contributed by atoms with van der Waals surface area (Å²) in [6.07, 6.45) is 4.52. The Morgan fingerprint density at radius 2 is 1.88 bits per heavy atom. The molecule has 0 spiro atoms. The van der Waals surface area contributed by atoms with Crippen molar-refractivity contribution in [1.82, 2.24) is 0 Å². The fraction of sp³-hybridized carbons (Fsp3) is 0.789. The van der Waals surface area contributed by atoms with Crippen LogP contribution >= 0.6 is 0 Å². The van der Waals surface area contributed by atoms with Gasteiger partial charge in [-0.2, -0.15) is 0 Å². The Kier molecular flexibility index (Phi) is 7.94. The van der Waals surface area contributed by atoms with E-state index in [0.717, 1.165) is 37.7 Å². The second kappa shape index (κ2) is 9.21. The van der Waals surface area contributed by atoms with Crippen molar-refractivity contribution in [3.05, 3.63) is 12.2 Å². The molecule has 24 heavy (non-hydrogen) atoms. The molecule has 138 valence electrons. The maximum atomic E-state index is 11.4. The van der Waals surface area contributed by atoms with Crippen molar-refractivity contribution in [3.63, 3.8) is 0 Å². The van der Waals surface area contributed by atoms with Gasteiger partial charge >= 0.3 is 11.9 Å². The van der Waals surface area contributed by atoms with Crippen LogP contribution in [0, 0.1) is 11.8 Å². The van der Waals surface area contributed by atoms with Crippen molar-refractivity contribution in [2.24, 2.45) is 11.8 Å². The predicted molar refractivity (Wildman–Crippen MR) is 92.3 cm³/mol. The van der Waals surface area contributed by atoms with Gasteiger partial charge in [0.05, 0.1) is 12.2 Å². The van der Waals surface area contributed by atoms with E-state index in [-0.39, 0.29) is 29.9 Å². The molecule has 0 aromatic carbocycles. The summed E-state index contributed by atoms with van der Waals surface area (Å²) in [6, 6.07) is 0. The van der Waals surface area contributed by atoms with Gasteiger partial charge in [-0.15, -0.1) is 0 Å². The van der Waals surface area contributed by atoms with Gasteiger partial charge in [-0.1, -0.05) is 6.58 Å². The van der Waals surface area contributed by atoms with Crippen LogP contribution in [0.15, 0.2) is 12.2 Å². The van der Waals surface area contributed by atoms with Crippen LogP contribution in [0.4, 0.5) is 0 Å². The zero-order valence-electron chi connectivity index (χ0n) is 15.5. The Morgan fingerprint density at radius 3 is 2.42 bits per heavy atom. The summed E-state index contributed by atoms with van der Waals surface area (Å²) in [5, 5.41) is 10.5. The highest BCUT2D eigenvalue weighted by Gasteiger charge is 2.32. The Bertz CT molecular complexity index is 449. The van der Waals surface area contributed by atoms with Gasteiger partial charge in [-0.05, 0) is 69.8 Å². The molecule has 5 heteroatoms. The predicted octanol–water partition coefficient (Wildman–Crippen LogP) is 3.39. The molecule has 1 fully saturated rings. The van der Waals surface area contributed by atoms with Crippen molar-refractivity contribution in [2.45, 2.75) is 77.9 Å². The molecular formula is C19H32O5. The van der Waals surface area contributed by atoms with Crippen molar-refractivity contribution in [1.29, 1.82) is 0 Å². The first-order valence-corrected chi connectivity index (χ1v) is 8.80. The lowest BCUT2D eigenvalue weighted by Gasteiger charge is -2.35. The van der Waals surface area contributed by atoms with E-state index in [1.54, 1.807) is 13.8 Å². The number of hydrogen-bond donors (Lipinski definition) is 1. The van der Waals surface area contributed by atoms with Crippen molar-refractivity contribution in [2.75, 3.05) is 6.61 Å². The molecule has 1 aliphatic carbocycles. The van der Waals surface area contributed by atoms with Crippen LogP contribution in [0.25, 0.3) is 0 Å². The van der Waals surface area contributed by atoms with Crippen LogP contribution in [0.3, 0.4) is 0 Å². The van der Waals surface area contributed by atoms with E-state index < -0.39 is 5.60 Å². The van der Waals surface area contributed by atoms with Crippen LogP contribution in [0.2, 0.25) is 0 Å². The summed E-state index contributed by atoms with van der Waals surface area (Å²) in [5.41, 5.74) is 0.0247. The third-order valence-corrected chi connectivity index (χ3v) is 4.82. The van der Waals surface area contributed by atoms with Gasteiger partial charge in [0, 0.05) is 13.8 Å². The second-order valence-electron chi connectivity index (χ2n) is 7.48. The SMILES string of the molecule is C=C1CCC[C@H](COC(C)=O)CC[C@H](C(C)(C)O)C[C@@H]1OC(C)=O. The second-order valence-corrected chi connectivity index (χ2v) is 7.48. The lowest BCUT2D eigenvalue weighted by molar-refractivity contribution is -0.146. The molecule has 1 aliphatic rings. The van der Waals surface area contributed by atoms with Gasteiger partial charge in [0.25, 0.3) is 0 Å². The molecule has 1 N–H and O–H groups in total. The minimum absolute atomic E-state index is 0.0171. The van der Waals surface area contributed by atoms with Crippen LogP contribution in [-0.2, 0) is 19.1 Å². The minimum atomic E-state index is -0.871. The largest absolute Gasteiger partial charge is 0.466 e. The molecule has 0 bridgehead atoms. The highest BCUT2D eigenvalue weighted by atomic mass is 16.5. The average molecular weight is 340 g/mol. The number of esters is 2. The first-order chi connectivity index (χ1) is 11.1. The van der Waals surface area contributed by atoms with Gasteiger partial charge in [0.1, 0.15) is 6.10 Å². The van der Waals surface area contributed by atoms with Gasteiger partial charge in [-0.3, -0.25) is 9.59 Å². The summed E-state index contributed by atoms with van der Waals surface area (Å²) in [4.78, 5) is 22.5. The van der Waals surface area contributed by atoms with Gasteiger partial charge in [0.15, 0.2) is 0 Å². The molecule has 0 amide bonds. The molecule has 0 radical (unpaired) electrons. The highest BCUT2D eigenvalue weighted by Crippen LogP contribution is 2.34. The fourth-order valence-electron chi connectivity index (χ4n) is 3.28. The summed E-state index contributed by atoms with van der Waals surface area (Å²) >= 11 is 0. The lowest BCUT2D eigenvalue weighted by atomic mass is 9.78. The van der Waals surface area contributed by atoms with E-state index in [2.05, 4.69) is 6.58 Å². The summed E-state index contributed by atoms with van der Waals surface area (Å²) in [7, 11) is 0. The lowest BCUT2D eigenvalue weighted by Crippen LogP contribution is -2.36. The zero-order valence-corrected chi connectivity index (χ0v) is 15.5. The summed E-state index contributed by atoms with van der Waals surface area (Å²) in [5.74, 6) is -0.306. The van der Waals surface area contributed by atoms with Crippen LogP contribution in [-0.4, -0.2) is 35.4 Å². The fourth-order valence-corrected chi connectivity index (χ4v) is 3.28. The average Bonchev–Trinajstić information content (AvgIpc) is 2.44. The topological polar surface area (TPSA) is 72.8 Å². The molecular weight excluding hydrogens is 308 g/mol. The Morgan fingerprint density at radius 1 is 1.21 bits per heavy atom. The molecule has 0 unspecified atom stereocenters. The molecule has 0 aromatic rings. The molecule has 3 atom stereocenters. The maximum absolute atomic E-state index is 11.4. The summed E-state index contributed by atoms with van der Waals surface area (Å²) < 4.78 is 10.6. The number of ether oxygens (including phenoxy) is 2. The van der Waals surface area contributed by atoms with Gasteiger partial charge < -0.3 is 14.6 Å². The summed E-state index contributed by atoms with van der Waals surface area (Å²) in [6.45, 7) is 10.9. The van der Waals surface area contributed by atoms with E-state index in [1.807, 2.05) is 0 Å². The molecule has 0 aliphatic heterocycles. The standard InChI is InChI=1S/C19H32O5/c1-13-7-6-8-16(12-23-14(2)20)9-10-17(19(4,5)22)11-18(13)24-15(3)21/h16-18,22H,1,6-12H2,2-5H3/t16-,17-,18-/m0/s1. The quantitative estimate of drug-likeness (QED) is 0.627. The molecule has 0 aromatic heterocycles. The maximum Gasteiger partial charge on any atom is 0.303 e. The van der Waals surface area contributed by atoms with Crippen molar-refractivity contribution in [3.8, 4) is 0 Å². The Labute approximate surface area is 145 Å². The minimum Gasteiger partial charge on any atom is -0.466 e. The number of aliphatic hydroxyl groups is 1. The number of rotatable bonds is 4.